The number of rotatable bonds is 2. The number of hydrogen-bond donors (Lipinski definition) is 1. The first-order chi connectivity index (χ1) is 8.31. The van der Waals surface area contributed by atoms with Crippen molar-refractivity contribution in [1.29, 1.82) is 5.26 Å². The molecule has 0 saturated carbocycles. The maximum atomic E-state index is 12.5. The van der Waals surface area contributed by atoms with Crippen LogP contribution < -0.4 is 0 Å². The zero-order chi connectivity index (χ0) is 13.6. The summed E-state index contributed by atoms with van der Waals surface area (Å²) in [5, 5.41) is 9.69. The molecule has 4 nitrogen and oxygen atoms in total. The Bertz CT molecular complexity index is 749. The van der Waals surface area contributed by atoms with E-state index in [-0.39, 0.29) is 4.90 Å². The second-order valence-electron chi connectivity index (χ2n) is 4.75. The Kier molecular flexibility index (Phi) is 2.71. The monoisotopic (exact) mass is 262 g/mol. The molecule has 0 spiro atoms. The van der Waals surface area contributed by atoms with Gasteiger partial charge in [0.05, 0.1) is 11.0 Å². The van der Waals surface area contributed by atoms with E-state index < -0.39 is 14.6 Å². The van der Waals surface area contributed by atoms with E-state index in [2.05, 4.69) is 4.98 Å². The highest BCUT2D eigenvalue weighted by Gasteiger charge is 2.38. The molecule has 1 aromatic heterocycles. The predicted octanol–water partition coefficient (Wildman–Crippen LogP) is 2.55. The van der Waals surface area contributed by atoms with Gasteiger partial charge in [0.15, 0.2) is 14.6 Å². The predicted molar refractivity (Wildman–Crippen MR) is 69.9 cm³/mol. The minimum absolute atomic E-state index is 0.227. The average Bonchev–Trinajstić information content (AvgIpc) is 2.64. The van der Waals surface area contributed by atoms with Gasteiger partial charge in [0.1, 0.15) is 0 Å². The van der Waals surface area contributed by atoms with E-state index >= 15 is 0 Å². The van der Waals surface area contributed by atoms with Gasteiger partial charge in [0.2, 0.25) is 0 Å². The molecule has 0 aliphatic heterocycles. The number of nitrogens with one attached hydrogen (secondary N) is 1. The Hall–Kier alpha value is -1.80. The second-order valence-corrected chi connectivity index (χ2v) is 7.19. The van der Waals surface area contributed by atoms with Crippen molar-refractivity contribution in [2.45, 2.75) is 30.4 Å². The number of nitrogens with zero attached hydrogens (tertiary/aromatic N) is 1. The first-order valence-corrected chi connectivity index (χ1v) is 7.03. The van der Waals surface area contributed by atoms with Crippen LogP contribution in [0.2, 0.25) is 0 Å². The first kappa shape index (κ1) is 12.7. The third kappa shape index (κ3) is 1.61. The van der Waals surface area contributed by atoms with Crippen LogP contribution in [0.25, 0.3) is 10.9 Å². The zero-order valence-corrected chi connectivity index (χ0v) is 11.3. The molecule has 0 bridgehead atoms. The minimum Gasteiger partial charge on any atom is -0.358 e. The van der Waals surface area contributed by atoms with Crippen LogP contribution in [0.5, 0.6) is 0 Å². The summed E-state index contributed by atoms with van der Waals surface area (Å²) in [7, 11) is -3.69. The number of fused-ring (bicyclic) bond motifs is 1. The maximum absolute atomic E-state index is 12.5. The molecule has 1 aromatic carbocycles. The molecule has 0 amide bonds. The van der Waals surface area contributed by atoms with E-state index in [9.17, 15) is 8.42 Å². The smallest absolute Gasteiger partial charge is 0.199 e. The van der Waals surface area contributed by atoms with Crippen LogP contribution >= 0.6 is 0 Å². The SMILES string of the molecule is Cc1[nH]c2ccccc2c1S(=O)(=O)C(C)(C)C#N. The Labute approximate surface area is 106 Å². The molecular weight excluding hydrogens is 248 g/mol. The van der Waals surface area contributed by atoms with Gasteiger partial charge in [-0.2, -0.15) is 5.26 Å². The number of para-hydroxylation sites is 1. The third-order valence-corrected chi connectivity index (χ3v) is 5.54. The van der Waals surface area contributed by atoms with Crippen LogP contribution in [-0.4, -0.2) is 18.1 Å². The summed E-state index contributed by atoms with van der Waals surface area (Å²) < 4.78 is 23.6. The van der Waals surface area contributed by atoms with Gasteiger partial charge in [0, 0.05) is 16.6 Å². The summed E-state index contributed by atoms with van der Waals surface area (Å²) in [5.41, 5.74) is 1.34. The van der Waals surface area contributed by atoms with Crippen LogP contribution in [0.4, 0.5) is 0 Å². The fraction of sp³-hybridized carbons (Fsp3) is 0.308. The summed E-state index contributed by atoms with van der Waals surface area (Å²) in [4.78, 5) is 3.27. The standard InChI is InChI=1S/C13H14N2O2S/c1-9-12(18(16,17)13(2,3)8-14)10-6-4-5-7-11(10)15-9/h4-7,15H,1-3H3. The Morgan fingerprint density at radius 3 is 2.50 bits per heavy atom. The average molecular weight is 262 g/mol. The number of aryl methyl sites for hydroxylation is 1. The Morgan fingerprint density at radius 1 is 1.28 bits per heavy atom. The number of H-pyrrole nitrogens is 1. The van der Waals surface area contributed by atoms with Crippen LogP contribution in [0.1, 0.15) is 19.5 Å². The molecule has 94 valence electrons. The minimum atomic E-state index is -3.69. The normalized spacial score (nSPS) is 12.6. The molecule has 0 unspecified atom stereocenters. The van der Waals surface area contributed by atoms with Crippen molar-refractivity contribution in [2.24, 2.45) is 0 Å². The van der Waals surface area contributed by atoms with Gasteiger partial charge in [-0.3, -0.25) is 0 Å². The third-order valence-electron chi connectivity index (χ3n) is 3.04. The van der Waals surface area contributed by atoms with Crippen molar-refractivity contribution >= 4 is 20.7 Å². The van der Waals surface area contributed by atoms with Crippen molar-refractivity contribution in [3.05, 3.63) is 30.0 Å². The van der Waals surface area contributed by atoms with Crippen molar-refractivity contribution < 1.29 is 8.42 Å². The van der Waals surface area contributed by atoms with Crippen LogP contribution in [0.3, 0.4) is 0 Å². The van der Waals surface area contributed by atoms with Crippen molar-refractivity contribution in [1.82, 2.24) is 4.98 Å². The van der Waals surface area contributed by atoms with E-state index in [0.29, 0.717) is 11.1 Å². The lowest BCUT2D eigenvalue weighted by atomic mass is 10.2. The lowest BCUT2D eigenvalue weighted by Crippen LogP contribution is -2.30. The first-order valence-electron chi connectivity index (χ1n) is 5.54. The van der Waals surface area contributed by atoms with Gasteiger partial charge >= 0.3 is 0 Å². The summed E-state index contributed by atoms with van der Waals surface area (Å²) >= 11 is 0. The van der Waals surface area contributed by atoms with Crippen LogP contribution in [0.15, 0.2) is 29.2 Å². The summed E-state index contributed by atoms with van der Waals surface area (Å²) in [5.74, 6) is 0. The topological polar surface area (TPSA) is 73.7 Å². The fourth-order valence-electron chi connectivity index (χ4n) is 1.91. The lowest BCUT2D eigenvalue weighted by molar-refractivity contribution is 0.574. The highest BCUT2D eigenvalue weighted by Crippen LogP contribution is 2.33. The number of aromatic amines is 1. The number of aromatic nitrogens is 1. The largest absolute Gasteiger partial charge is 0.358 e. The van der Waals surface area contributed by atoms with Crippen molar-refractivity contribution in [3.8, 4) is 6.07 Å². The number of sulfone groups is 1. The maximum Gasteiger partial charge on any atom is 0.199 e. The highest BCUT2D eigenvalue weighted by molar-refractivity contribution is 7.93. The van der Waals surface area contributed by atoms with E-state index in [1.54, 1.807) is 19.1 Å². The van der Waals surface area contributed by atoms with E-state index in [1.165, 1.54) is 13.8 Å². The molecule has 2 aromatic rings. The molecule has 0 aliphatic carbocycles. The molecule has 0 saturated heterocycles. The van der Waals surface area contributed by atoms with Crippen molar-refractivity contribution in [2.75, 3.05) is 0 Å². The van der Waals surface area contributed by atoms with E-state index in [0.717, 1.165) is 5.52 Å². The molecular formula is C13H14N2O2S. The summed E-state index contributed by atoms with van der Waals surface area (Å²) in [6, 6.07) is 9.05. The number of benzene rings is 1. The molecule has 2 rings (SSSR count). The van der Waals surface area contributed by atoms with Gasteiger partial charge in [-0.15, -0.1) is 0 Å². The van der Waals surface area contributed by atoms with E-state index in [4.69, 9.17) is 5.26 Å². The molecule has 0 atom stereocenters. The van der Waals surface area contributed by atoms with Gasteiger partial charge in [-0.25, -0.2) is 8.42 Å². The summed E-state index contributed by atoms with van der Waals surface area (Å²) in [6.45, 7) is 4.55. The highest BCUT2D eigenvalue weighted by atomic mass is 32.2. The molecule has 0 fully saturated rings. The molecule has 0 radical (unpaired) electrons. The zero-order valence-electron chi connectivity index (χ0n) is 10.5. The molecule has 0 aliphatic rings. The molecule has 1 N–H and O–H groups in total. The fourth-order valence-corrected chi connectivity index (χ4v) is 3.46. The van der Waals surface area contributed by atoms with Crippen LogP contribution in [0, 0.1) is 18.3 Å². The second kappa shape index (κ2) is 3.85. The quantitative estimate of drug-likeness (QED) is 0.903. The number of nitriles is 1. The summed E-state index contributed by atoms with van der Waals surface area (Å²) in [6.07, 6.45) is 0. The van der Waals surface area contributed by atoms with Gasteiger partial charge in [0.25, 0.3) is 0 Å². The van der Waals surface area contributed by atoms with Gasteiger partial charge in [-0.05, 0) is 26.8 Å². The molecule has 5 heteroatoms. The lowest BCUT2D eigenvalue weighted by Gasteiger charge is -2.16. The van der Waals surface area contributed by atoms with Gasteiger partial charge < -0.3 is 4.98 Å². The van der Waals surface area contributed by atoms with Crippen LogP contribution in [-0.2, 0) is 9.84 Å². The van der Waals surface area contributed by atoms with Gasteiger partial charge in [-0.1, -0.05) is 18.2 Å². The molecule has 1 heterocycles. The van der Waals surface area contributed by atoms with Crippen molar-refractivity contribution in [3.63, 3.8) is 0 Å². The molecule has 18 heavy (non-hydrogen) atoms. The number of hydrogen-bond acceptors (Lipinski definition) is 3. The van der Waals surface area contributed by atoms with E-state index in [1.807, 2.05) is 18.2 Å². The Balaban J connectivity index is 2.85. The Morgan fingerprint density at radius 2 is 1.89 bits per heavy atom.